The summed E-state index contributed by atoms with van der Waals surface area (Å²) in [5, 5.41) is 10.0. The van der Waals surface area contributed by atoms with Gasteiger partial charge in [0.25, 0.3) is 0 Å². The molecule has 0 fully saturated rings. The lowest BCUT2D eigenvalue weighted by atomic mass is 9.87. The van der Waals surface area contributed by atoms with Crippen LogP contribution in [0.15, 0.2) is 23.1 Å². The van der Waals surface area contributed by atoms with E-state index >= 15 is 0 Å². The smallest absolute Gasteiger partial charge is 0.241 e. The van der Waals surface area contributed by atoms with Gasteiger partial charge in [0, 0.05) is 0 Å². The van der Waals surface area contributed by atoms with Crippen molar-refractivity contribution < 1.29 is 18.3 Å². The van der Waals surface area contributed by atoms with E-state index < -0.39 is 21.2 Å². The van der Waals surface area contributed by atoms with Gasteiger partial charge in [-0.15, -0.1) is 0 Å². The highest BCUT2D eigenvalue weighted by Crippen LogP contribution is 2.25. The van der Waals surface area contributed by atoms with Crippen molar-refractivity contribution in [2.45, 2.75) is 50.7 Å². The summed E-state index contributed by atoms with van der Waals surface area (Å²) in [5.41, 5.74) is -1.46. The number of aryl methyl sites for hydroxylation is 1. The summed E-state index contributed by atoms with van der Waals surface area (Å²) in [5.74, 6) is 0.630. The summed E-state index contributed by atoms with van der Waals surface area (Å²) in [7, 11) is -2.18. The molecule has 0 radical (unpaired) electrons. The van der Waals surface area contributed by atoms with Crippen molar-refractivity contribution in [1.29, 1.82) is 0 Å². The van der Waals surface area contributed by atoms with Crippen molar-refractivity contribution in [3.8, 4) is 5.75 Å². The second kappa shape index (κ2) is 5.35. The monoisotopic (exact) mass is 301 g/mol. The Labute approximate surface area is 121 Å². The molecule has 0 saturated heterocycles. The van der Waals surface area contributed by atoms with Crippen LogP contribution < -0.4 is 9.46 Å². The lowest BCUT2D eigenvalue weighted by Gasteiger charge is -2.37. The van der Waals surface area contributed by atoms with Gasteiger partial charge in [-0.25, -0.2) is 13.1 Å². The van der Waals surface area contributed by atoms with Gasteiger partial charge in [0.15, 0.2) is 0 Å². The van der Waals surface area contributed by atoms with Crippen LogP contribution in [-0.4, -0.2) is 31.8 Å². The number of benzene rings is 1. The van der Waals surface area contributed by atoms with Gasteiger partial charge in [-0.1, -0.05) is 0 Å². The maximum atomic E-state index is 12.4. The molecule has 5 nitrogen and oxygen atoms in total. The van der Waals surface area contributed by atoms with E-state index in [0.717, 1.165) is 5.56 Å². The molecule has 0 bridgehead atoms. The van der Waals surface area contributed by atoms with Crippen LogP contribution in [0.3, 0.4) is 0 Å². The number of hydrogen-bond donors (Lipinski definition) is 2. The highest BCUT2D eigenvalue weighted by Gasteiger charge is 2.38. The summed E-state index contributed by atoms with van der Waals surface area (Å²) >= 11 is 0. The molecule has 0 aliphatic heterocycles. The summed E-state index contributed by atoms with van der Waals surface area (Å²) < 4.78 is 32.4. The van der Waals surface area contributed by atoms with Crippen molar-refractivity contribution in [2.24, 2.45) is 0 Å². The van der Waals surface area contributed by atoms with E-state index in [4.69, 9.17) is 4.74 Å². The summed E-state index contributed by atoms with van der Waals surface area (Å²) in [6.07, 6.45) is 0. The van der Waals surface area contributed by atoms with Gasteiger partial charge < -0.3 is 9.84 Å². The van der Waals surface area contributed by atoms with E-state index in [0.29, 0.717) is 5.75 Å². The molecule has 20 heavy (non-hydrogen) atoms. The summed E-state index contributed by atoms with van der Waals surface area (Å²) in [6.45, 7) is 8.18. The molecule has 0 aliphatic carbocycles. The van der Waals surface area contributed by atoms with E-state index in [2.05, 4.69) is 4.72 Å². The molecule has 2 N–H and O–H groups in total. The zero-order valence-electron chi connectivity index (χ0n) is 12.8. The van der Waals surface area contributed by atoms with Gasteiger partial charge in [0.2, 0.25) is 10.0 Å². The number of methoxy groups -OCH3 is 1. The van der Waals surface area contributed by atoms with Gasteiger partial charge in [0.05, 0.1) is 23.1 Å². The fourth-order valence-electron chi connectivity index (χ4n) is 1.54. The fourth-order valence-corrected chi connectivity index (χ4v) is 3.16. The van der Waals surface area contributed by atoms with E-state index in [-0.39, 0.29) is 4.90 Å². The van der Waals surface area contributed by atoms with Crippen LogP contribution in [-0.2, 0) is 10.0 Å². The summed E-state index contributed by atoms with van der Waals surface area (Å²) in [4.78, 5) is 0.146. The van der Waals surface area contributed by atoms with Crippen LogP contribution >= 0.6 is 0 Å². The van der Waals surface area contributed by atoms with Crippen molar-refractivity contribution in [3.63, 3.8) is 0 Å². The molecule has 0 aromatic heterocycles. The van der Waals surface area contributed by atoms with Gasteiger partial charge in [-0.2, -0.15) is 0 Å². The van der Waals surface area contributed by atoms with Crippen LogP contribution in [0.25, 0.3) is 0 Å². The maximum Gasteiger partial charge on any atom is 0.241 e. The Morgan fingerprint density at radius 1 is 1.20 bits per heavy atom. The third-order valence-electron chi connectivity index (χ3n) is 3.60. The zero-order valence-corrected chi connectivity index (χ0v) is 13.6. The Balaban J connectivity index is 3.16. The van der Waals surface area contributed by atoms with Crippen molar-refractivity contribution in [1.82, 2.24) is 4.72 Å². The standard InChI is InChI=1S/C14H23NO4S/c1-10-9-11(7-8-12(10)19-6)20(17,18)15-13(2,3)14(4,5)16/h7-9,15-16H,1-6H3. The minimum atomic E-state index is -3.71. The molecule has 0 saturated carbocycles. The third kappa shape index (κ3) is 3.50. The first-order chi connectivity index (χ1) is 8.90. The van der Waals surface area contributed by atoms with E-state index in [9.17, 15) is 13.5 Å². The molecule has 0 heterocycles. The van der Waals surface area contributed by atoms with Crippen LogP contribution in [0.4, 0.5) is 0 Å². The highest BCUT2D eigenvalue weighted by atomic mass is 32.2. The molecule has 0 atom stereocenters. The van der Waals surface area contributed by atoms with Crippen LogP contribution in [0.5, 0.6) is 5.75 Å². The molecule has 114 valence electrons. The Morgan fingerprint density at radius 2 is 1.75 bits per heavy atom. The molecule has 0 aliphatic rings. The lowest BCUT2D eigenvalue weighted by molar-refractivity contribution is 0.00639. The highest BCUT2D eigenvalue weighted by molar-refractivity contribution is 7.89. The molecule has 1 aromatic rings. The number of ether oxygens (including phenoxy) is 1. The average molecular weight is 301 g/mol. The van der Waals surface area contributed by atoms with E-state index in [1.54, 1.807) is 46.8 Å². The van der Waals surface area contributed by atoms with Crippen LogP contribution in [0.2, 0.25) is 0 Å². The lowest BCUT2D eigenvalue weighted by Crippen LogP contribution is -2.57. The van der Waals surface area contributed by atoms with Gasteiger partial charge in [-0.05, 0) is 58.4 Å². The third-order valence-corrected chi connectivity index (χ3v) is 5.25. The Morgan fingerprint density at radius 3 is 2.15 bits per heavy atom. The van der Waals surface area contributed by atoms with E-state index in [1.807, 2.05) is 0 Å². The van der Waals surface area contributed by atoms with Crippen molar-refractivity contribution in [2.75, 3.05) is 7.11 Å². The van der Waals surface area contributed by atoms with Crippen LogP contribution in [0.1, 0.15) is 33.3 Å². The molecular formula is C14H23NO4S. The first-order valence-corrected chi connectivity index (χ1v) is 7.80. The first-order valence-electron chi connectivity index (χ1n) is 6.32. The quantitative estimate of drug-likeness (QED) is 0.870. The number of aliphatic hydroxyl groups is 1. The predicted octanol–water partition coefficient (Wildman–Crippen LogP) is 1.83. The van der Waals surface area contributed by atoms with Crippen LogP contribution in [0, 0.1) is 6.92 Å². The number of nitrogens with one attached hydrogen (secondary N) is 1. The summed E-state index contributed by atoms with van der Waals surface area (Å²) in [6, 6.07) is 4.64. The molecule has 0 spiro atoms. The second-order valence-electron chi connectivity index (χ2n) is 5.92. The molecule has 1 rings (SSSR count). The minimum absolute atomic E-state index is 0.146. The SMILES string of the molecule is COc1ccc(S(=O)(=O)NC(C)(C)C(C)(C)O)cc1C. The molecule has 1 aromatic carbocycles. The van der Waals surface area contributed by atoms with E-state index in [1.165, 1.54) is 13.2 Å². The van der Waals surface area contributed by atoms with Gasteiger partial charge in [-0.3, -0.25) is 0 Å². The fraction of sp³-hybridized carbons (Fsp3) is 0.571. The first kappa shape index (κ1) is 16.9. The maximum absolute atomic E-state index is 12.4. The number of sulfonamides is 1. The molecule has 0 amide bonds. The molecule has 0 unspecified atom stereocenters. The van der Waals surface area contributed by atoms with Crippen molar-refractivity contribution in [3.05, 3.63) is 23.8 Å². The largest absolute Gasteiger partial charge is 0.496 e. The molecular weight excluding hydrogens is 278 g/mol. The van der Waals surface area contributed by atoms with Crippen molar-refractivity contribution >= 4 is 10.0 Å². The predicted molar refractivity (Wildman–Crippen MR) is 78.4 cm³/mol. The average Bonchev–Trinajstić information content (AvgIpc) is 2.25. The normalized spacial score (nSPS) is 13.3. The topological polar surface area (TPSA) is 75.6 Å². The Bertz CT molecular complexity index is 586. The van der Waals surface area contributed by atoms with Gasteiger partial charge in [0.1, 0.15) is 5.75 Å². The molecule has 6 heteroatoms. The van der Waals surface area contributed by atoms with Gasteiger partial charge >= 0.3 is 0 Å². The number of hydrogen-bond acceptors (Lipinski definition) is 4. The number of rotatable bonds is 5. The Kier molecular flexibility index (Phi) is 4.53. The second-order valence-corrected chi connectivity index (χ2v) is 7.60. The zero-order chi connectivity index (χ0) is 15.8. The Hall–Kier alpha value is -1.11. The minimum Gasteiger partial charge on any atom is -0.496 e.